The highest BCUT2D eigenvalue weighted by molar-refractivity contribution is 5.45. The van der Waals surface area contributed by atoms with E-state index >= 15 is 0 Å². The van der Waals surface area contributed by atoms with E-state index in [-0.39, 0.29) is 0 Å². The van der Waals surface area contributed by atoms with Crippen molar-refractivity contribution < 1.29 is 0 Å². The Morgan fingerprint density at radius 2 is 1.25 bits per heavy atom. The molecule has 0 N–H and O–H groups in total. The summed E-state index contributed by atoms with van der Waals surface area (Å²) in [7, 11) is 0. The van der Waals surface area contributed by atoms with Gasteiger partial charge >= 0.3 is 0 Å². The SMILES string of the molecule is C1=c2nc3c(nc2N=N1)=CN=N3. The second-order valence-electron chi connectivity index (χ2n) is 2.33. The number of aromatic nitrogens is 2. The highest BCUT2D eigenvalue weighted by Gasteiger charge is 2.08. The summed E-state index contributed by atoms with van der Waals surface area (Å²) in [5, 5.41) is 16.2. The number of azo groups is 2. The van der Waals surface area contributed by atoms with E-state index in [2.05, 4.69) is 30.4 Å². The number of rotatable bonds is 0. The van der Waals surface area contributed by atoms with Gasteiger partial charge in [0.25, 0.3) is 0 Å². The third kappa shape index (κ3) is 0.584. The molecule has 0 amide bonds. The van der Waals surface area contributed by atoms with Crippen molar-refractivity contribution in [2.75, 3.05) is 0 Å². The number of hydrogen-bond acceptors (Lipinski definition) is 6. The Hall–Kier alpha value is -1.98. The van der Waals surface area contributed by atoms with Crippen molar-refractivity contribution in [3.05, 3.63) is 10.7 Å². The standard InChI is InChI=1S/C6H2N6/c1-3-5(11-7-1)10-4-2-8-12-6(4)9-3/h1-2H. The van der Waals surface area contributed by atoms with Crippen LogP contribution in [0.15, 0.2) is 20.5 Å². The van der Waals surface area contributed by atoms with Gasteiger partial charge in [0.05, 0.1) is 12.4 Å². The molecule has 0 fully saturated rings. The van der Waals surface area contributed by atoms with Crippen molar-refractivity contribution in [3.63, 3.8) is 0 Å². The minimum absolute atomic E-state index is 0.539. The molecule has 0 aromatic carbocycles. The van der Waals surface area contributed by atoms with Gasteiger partial charge in [-0.1, -0.05) is 0 Å². The molecule has 6 nitrogen and oxygen atoms in total. The van der Waals surface area contributed by atoms with Gasteiger partial charge in [0.15, 0.2) is 0 Å². The monoisotopic (exact) mass is 158 g/mol. The lowest BCUT2D eigenvalue weighted by molar-refractivity contribution is 1.08. The molecule has 3 rings (SSSR count). The quantitative estimate of drug-likeness (QED) is 0.538. The molecule has 0 radical (unpaired) electrons. The summed E-state index contributed by atoms with van der Waals surface area (Å²) in [4.78, 5) is 8.27. The minimum atomic E-state index is 0.539. The summed E-state index contributed by atoms with van der Waals surface area (Å²) in [5.41, 5.74) is 0. The fourth-order valence-electron chi connectivity index (χ4n) is 1.04. The van der Waals surface area contributed by atoms with Gasteiger partial charge in [0.1, 0.15) is 10.7 Å². The van der Waals surface area contributed by atoms with Crippen LogP contribution < -0.4 is 10.7 Å². The smallest absolute Gasteiger partial charge is 0.202 e. The van der Waals surface area contributed by atoms with E-state index in [0.717, 1.165) is 0 Å². The van der Waals surface area contributed by atoms with E-state index in [4.69, 9.17) is 0 Å². The van der Waals surface area contributed by atoms with Gasteiger partial charge in [-0.15, -0.1) is 10.2 Å². The van der Waals surface area contributed by atoms with E-state index in [0.29, 0.717) is 22.3 Å². The summed E-state index contributed by atoms with van der Waals surface area (Å²) < 4.78 is 0. The van der Waals surface area contributed by atoms with Crippen molar-refractivity contribution in [1.29, 1.82) is 0 Å². The maximum Gasteiger partial charge on any atom is 0.202 e. The first-order chi connectivity index (χ1) is 5.93. The molecule has 0 atom stereocenters. The lowest BCUT2D eigenvalue weighted by atomic mass is 10.5. The van der Waals surface area contributed by atoms with Crippen LogP contribution >= 0.6 is 0 Å². The molecule has 3 heterocycles. The third-order valence-electron chi connectivity index (χ3n) is 1.58. The first kappa shape index (κ1) is 5.64. The van der Waals surface area contributed by atoms with E-state index in [9.17, 15) is 0 Å². The van der Waals surface area contributed by atoms with Crippen LogP contribution in [0.3, 0.4) is 0 Å². The summed E-state index contributed by atoms with van der Waals surface area (Å²) in [6, 6.07) is 0. The molecule has 0 bridgehead atoms. The van der Waals surface area contributed by atoms with E-state index in [1.807, 2.05) is 0 Å². The average Bonchev–Trinajstić information content (AvgIpc) is 2.64. The van der Waals surface area contributed by atoms with E-state index in [1.165, 1.54) is 0 Å². The molecule has 1 aromatic rings. The maximum atomic E-state index is 4.14. The van der Waals surface area contributed by atoms with Crippen LogP contribution in [0.25, 0.3) is 12.4 Å². The van der Waals surface area contributed by atoms with Crippen molar-refractivity contribution >= 4 is 24.0 Å². The van der Waals surface area contributed by atoms with Crippen LogP contribution in [0.5, 0.6) is 0 Å². The lowest BCUT2D eigenvalue weighted by Crippen LogP contribution is -2.16. The van der Waals surface area contributed by atoms with Gasteiger partial charge in [0.2, 0.25) is 11.6 Å². The molecule has 1 aromatic heterocycles. The Labute approximate surface area is 66.1 Å². The van der Waals surface area contributed by atoms with Gasteiger partial charge in [-0.3, -0.25) is 0 Å². The Kier molecular flexibility index (Phi) is 0.840. The first-order valence-electron chi connectivity index (χ1n) is 3.34. The minimum Gasteiger partial charge on any atom is -0.220 e. The lowest BCUT2D eigenvalue weighted by Gasteiger charge is -1.88. The van der Waals surface area contributed by atoms with Crippen molar-refractivity contribution in [2.45, 2.75) is 0 Å². The molecule has 0 spiro atoms. The summed E-state index contributed by atoms with van der Waals surface area (Å²) >= 11 is 0. The summed E-state index contributed by atoms with van der Waals surface area (Å²) in [6.07, 6.45) is 3.10. The second kappa shape index (κ2) is 1.79. The highest BCUT2D eigenvalue weighted by atomic mass is 15.2. The molecular weight excluding hydrogens is 156 g/mol. The van der Waals surface area contributed by atoms with Crippen LogP contribution in [-0.4, -0.2) is 9.97 Å². The Morgan fingerprint density at radius 1 is 0.750 bits per heavy atom. The Balaban J connectivity index is 2.50. The molecule has 2 aliphatic heterocycles. The van der Waals surface area contributed by atoms with Crippen molar-refractivity contribution in [3.8, 4) is 0 Å². The number of nitrogens with zero attached hydrogens (tertiary/aromatic N) is 6. The summed E-state index contributed by atoms with van der Waals surface area (Å²) in [5.74, 6) is 1.08. The van der Waals surface area contributed by atoms with Gasteiger partial charge in [-0.2, -0.15) is 10.2 Å². The fourth-order valence-corrected chi connectivity index (χ4v) is 1.04. The molecule has 0 unspecified atom stereocenters. The van der Waals surface area contributed by atoms with Crippen LogP contribution in [0, 0.1) is 0 Å². The molecule has 0 saturated carbocycles. The largest absolute Gasteiger partial charge is 0.220 e. The fraction of sp³-hybridized carbons (Fsp3) is 0. The van der Waals surface area contributed by atoms with Gasteiger partial charge < -0.3 is 0 Å². The van der Waals surface area contributed by atoms with Gasteiger partial charge in [0, 0.05) is 0 Å². The molecule has 6 heteroatoms. The molecule has 2 aliphatic rings. The zero-order valence-corrected chi connectivity index (χ0v) is 5.84. The topological polar surface area (TPSA) is 75.2 Å². The Morgan fingerprint density at radius 3 is 1.75 bits per heavy atom. The maximum absolute atomic E-state index is 4.14. The first-order valence-corrected chi connectivity index (χ1v) is 3.34. The number of fused-ring (bicyclic) bond motifs is 2. The predicted molar refractivity (Wildman–Crippen MR) is 39.2 cm³/mol. The molecule has 0 aliphatic carbocycles. The molecule has 0 saturated heterocycles. The number of hydrogen-bond donors (Lipinski definition) is 0. The zero-order valence-electron chi connectivity index (χ0n) is 5.84. The average molecular weight is 158 g/mol. The Bertz CT molecular complexity index is 476. The molecule has 56 valence electrons. The van der Waals surface area contributed by atoms with Crippen LogP contribution in [0.4, 0.5) is 11.6 Å². The van der Waals surface area contributed by atoms with E-state index in [1.54, 1.807) is 12.4 Å². The van der Waals surface area contributed by atoms with Crippen LogP contribution in [0.2, 0.25) is 0 Å². The zero-order chi connectivity index (χ0) is 7.97. The normalized spacial score (nSPS) is 15.3. The van der Waals surface area contributed by atoms with Gasteiger partial charge in [-0.25, -0.2) is 9.97 Å². The van der Waals surface area contributed by atoms with Crippen LogP contribution in [-0.2, 0) is 0 Å². The van der Waals surface area contributed by atoms with Gasteiger partial charge in [-0.05, 0) is 0 Å². The van der Waals surface area contributed by atoms with Crippen molar-refractivity contribution in [2.24, 2.45) is 20.5 Å². The molecular formula is C6H2N6. The molecule has 12 heavy (non-hydrogen) atoms. The van der Waals surface area contributed by atoms with Crippen molar-refractivity contribution in [1.82, 2.24) is 9.97 Å². The third-order valence-corrected chi connectivity index (χ3v) is 1.58. The summed E-state index contributed by atoms with van der Waals surface area (Å²) in [6.45, 7) is 0. The van der Waals surface area contributed by atoms with Crippen LogP contribution in [0.1, 0.15) is 0 Å². The predicted octanol–water partition coefficient (Wildman–Crippen LogP) is 0.147. The van der Waals surface area contributed by atoms with E-state index < -0.39 is 0 Å². The second-order valence-corrected chi connectivity index (χ2v) is 2.33. The highest BCUT2D eigenvalue weighted by Crippen LogP contribution is 2.09.